The molecule has 1 aliphatic rings. The number of benzene rings is 1. The van der Waals surface area contributed by atoms with Crippen molar-refractivity contribution in [2.45, 2.75) is 71.3 Å². The third kappa shape index (κ3) is 9.84. The minimum atomic E-state index is -4.46. The van der Waals surface area contributed by atoms with Crippen LogP contribution in [0.4, 0.5) is 13.2 Å². The van der Waals surface area contributed by atoms with Crippen molar-refractivity contribution in [3.63, 3.8) is 0 Å². The molecule has 3 N–H and O–H groups in total. The second kappa shape index (κ2) is 12.9. The normalized spacial score (nSPS) is 21.1. The molecule has 1 aliphatic carbocycles. The molecule has 0 aromatic heterocycles. The zero-order valence-electron chi connectivity index (χ0n) is 20.3. The number of alkyl halides is 3. The Labute approximate surface area is 204 Å². The van der Waals surface area contributed by atoms with E-state index in [0.717, 1.165) is 37.5 Å². The summed E-state index contributed by atoms with van der Waals surface area (Å²) in [7, 11) is 0. The third-order valence-electron chi connectivity index (χ3n) is 6.22. The van der Waals surface area contributed by atoms with Crippen LogP contribution in [0.1, 0.15) is 58.4 Å². The summed E-state index contributed by atoms with van der Waals surface area (Å²) in [5, 5.41) is 30.6. The van der Waals surface area contributed by atoms with Crippen LogP contribution >= 0.6 is 0 Å². The first-order valence-electron chi connectivity index (χ1n) is 11.8. The highest BCUT2D eigenvalue weighted by Gasteiger charge is 2.32. The number of hydrogen-bond acceptors (Lipinski definition) is 6. The quantitative estimate of drug-likeness (QED) is 0.193. The van der Waals surface area contributed by atoms with Crippen LogP contribution in [-0.2, 0) is 15.7 Å². The second-order valence-electron chi connectivity index (χ2n) is 9.44. The Balaban J connectivity index is 1.79. The van der Waals surface area contributed by atoms with Crippen LogP contribution in [0.3, 0.4) is 0 Å². The molecule has 6 nitrogen and oxygen atoms in total. The molecule has 0 radical (unpaired) electrons. The van der Waals surface area contributed by atoms with Crippen molar-refractivity contribution in [2.75, 3.05) is 6.61 Å². The lowest BCUT2D eigenvalue weighted by Gasteiger charge is -2.24. The minimum absolute atomic E-state index is 0.0262. The van der Waals surface area contributed by atoms with Crippen LogP contribution in [0.25, 0.3) is 0 Å². The highest BCUT2D eigenvalue weighted by atomic mass is 19.4. The summed E-state index contributed by atoms with van der Waals surface area (Å²) in [6.07, 6.45) is 0.205. The molecule has 0 aliphatic heterocycles. The van der Waals surface area contributed by atoms with Gasteiger partial charge in [0, 0.05) is 6.42 Å². The van der Waals surface area contributed by atoms with E-state index in [0.29, 0.717) is 6.42 Å². The molecule has 1 fully saturated rings. The van der Waals surface area contributed by atoms with E-state index >= 15 is 0 Å². The Morgan fingerprint density at radius 2 is 1.89 bits per heavy atom. The first-order chi connectivity index (χ1) is 16.3. The molecule has 1 aromatic rings. The summed E-state index contributed by atoms with van der Waals surface area (Å²) in [5.41, 5.74) is -0.814. The van der Waals surface area contributed by atoms with E-state index < -0.39 is 23.8 Å². The number of halogens is 3. The fraction of sp³-hybridized carbons (Fsp3) is 0.577. The summed E-state index contributed by atoms with van der Waals surface area (Å²) in [5.74, 6) is -0.489. The van der Waals surface area contributed by atoms with Gasteiger partial charge in [0.05, 0.1) is 23.8 Å². The zero-order valence-corrected chi connectivity index (χ0v) is 20.3. The molecule has 4 unspecified atom stereocenters. The van der Waals surface area contributed by atoms with Gasteiger partial charge in [-0.1, -0.05) is 13.0 Å². The summed E-state index contributed by atoms with van der Waals surface area (Å²) >= 11 is 0. The smallest absolute Gasteiger partial charge is 0.416 e. The molecule has 35 heavy (non-hydrogen) atoms. The zero-order chi connectivity index (χ0) is 26.2. The highest BCUT2D eigenvalue weighted by molar-refractivity contribution is 5.82. The first-order valence-corrected chi connectivity index (χ1v) is 11.8. The average Bonchev–Trinajstić information content (AvgIpc) is 3.23. The maximum atomic E-state index is 12.8. The molecule has 9 heteroatoms. The molecule has 0 bridgehead atoms. The molecule has 1 saturated carbocycles. The lowest BCUT2D eigenvalue weighted by molar-refractivity contribution is -0.141. The number of allylic oxidation sites excluding steroid dienone is 1. The van der Waals surface area contributed by atoms with Crippen LogP contribution in [-0.4, -0.2) is 40.1 Å². The lowest BCUT2D eigenvalue weighted by Crippen LogP contribution is -2.25. The van der Waals surface area contributed by atoms with Gasteiger partial charge < -0.3 is 24.8 Å². The van der Waals surface area contributed by atoms with Gasteiger partial charge in [0.15, 0.2) is 0 Å². The predicted octanol–water partition coefficient (Wildman–Crippen LogP) is 6.11. The van der Waals surface area contributed by atoms with Crippen molar-refractivity contribution in [1.82, 2.24) is 0 Å². The van der Waals surface area contributed by atoms with Crippen LogP contribution in [0.2, 0.25) is 0 Å². The van der Waals surface area contributed by atoms with Crippen LogP contribution in [0, 0.1) is 17.8 Å². The first kappa shape index (κ1) is 28.6. The number of hydrogen-bond donors (Lipinski definition) is 3. The molecule has 4 atom stereocenters. The van der Waals surface area contributed by atoms with Gasteiger partial charge in [-0.25, -0.2) is 4.79 Å². The fourth-order valence-electron chi connectivity index (χ4n) is 4.26. The Kier molecular flexibility index (Phi) is 10.5. The van der Waals surface area contributed by atoms with Gasteiger partial charge in [-0.3, -0.25) is 0 Å². The van der Waals surface area contributed by atoms with E-state index in [-0.39, 0.29) is 54.2 Å². The van der Waals surface area contributed by atoms with Crippen molar-refractivity contribution in [1.29, 1.82) is 0 Å². The van der Waals surface area contributed by atoms with E-state index in [4.69, 9.17) is 9.47 Å². The largest absolute Gasteiger partial charge is 0.512 e. The molecule has 0 saturated heterocycles. The molecule has 196 valence electrons. The summed E-state index contributed by atoms with van der Waals surface area (Å²) < 4.78 is 48.6. The number of rotatable bonds is 11. The topological polar surface area (TPSA) is 96.2 Å². The van der Waals surface area contributed by atoms with Crippen LogP contribution in [0.15, 0.2) is 47.9 Å². The minimum Gasteiger partial charge on any atom is -0.512 e. The number of esters is 1. The fourth-order valence-corrected chi connectivity index (χ4v) is 4.26. The van der Waals surface area contributed by atoms with Crippen molar-refractivity contribution in [2.24, 2.45) is 17.8 Å². The van der Waals surface area contributed by atoms with Gasteiger partial charge in [0.25, 0.3) is 0 Å². The summed E-state index contributed by atoms with van der Waals surface area (Å²) in [6.45, 7) is 5.09. The number of carbonyl (C=O) groups is 1. The molecule has 0 spiro atoms. The summed E-state index contributed by atoms with van der Waals surface area (Å²) in [4.78, 5) is 11.6. The predicted molar refractivity (Wildman–Crippen MR) is 125 cm³/mol. The van der Waals surface area contributed by atoms with E-state index in [2.05, 4.69) is 0 Å². The SMILES string of the molecule is CC(C)OC(=O)C=C(O)CC(O)C(C)C1CCC(CC=C(O)COc2cccc(C(F)(F)F)c2)C1. The number of carbonyl (C=O) groups excluding carboxylic acids is 1. The molecule has 1 aromatic carbocycles. The van der Waals surface area contributed by atoms with Gasteiger partial charge in [-0.05, 0) is 81.6 Å². The van der Waals surface area contributed by atoms with Crippen LogP contribution < -0.4 is 4.74 Å². The van der Waals surface area contributed by atoms with E-state index in [9.17, 15) is 33.3 Å². The average molecular weight is 501 g/mol. The van der Waals surface area contributed by atoms with Crippen molar-refractivity contribution in [3.8, 4) is 5.75 Å². The van der Waals surface area contributed by atoms with Gasteiger partial charge in [0.2, 0.25) is 0 Å². The number of aliphatic hydroxyl groups is 3. The Bertz CT molecular complexity index is 893. The van der Waals surface area contributed by atoms with Crippen molar-refractivity contribution >= 4 is 5.97 Å². The Morgan fingerprint density at radius 3 is 2.54 bits per heavy atom. The van der Waals surface area contributed by atoms with Gasteiger partial charge in [-0.15, -0.1) is 0 Å². The molecular formula is C26H35F3O6. The van der Waals surface area contributed by atoms with E-state index in [1.54, 1.807) is 19.9 Å². The third-order valence-corrected chi connectivity index (χ3v) is 6.22. The van der Waals surface area contributed by atoms with Crippen molar-refractivity contribution < 1.29 is 42.8 Å². The number of ether oxygens (including phenoxy) is 2. The Morgan fingerprint density at radius 1 is 1.17 bits per heavy atom. The summed E-state index contributed by atoms with van der Waals surface area (Å²) in [6, 6.07) is 4.49. The lowest BCUT2D eigenvalue weighted by atomic mass is 9.85. The molecule has 0 amide bonds. The van der Waals surface area contributed by atoms with Crippen LogP contribution in [0.5, 0.6) is 5.75 Å². The standard InChI is InChI=1S/C26H35F3O6/c1-16(2)35-25(33)14-22(31)13-24(32)17(3)19-9-7-18(11-19)8-10-21(30)15-34-23-6-4-5-20(12-23)26(27,28)29/h4-6,10,12,14,16-19,24,30-32H,7-9,11,13,15H2,1-3H3. The monoisotopic (exact) mass is 500 g/mol. The molecular weight excluding hydrogens is 465 g/mol. The van der Waals surface area contributed by atoms with Crippen molar-refractivity contribution in [3.05, 3.63) is 53.5 Å². The second-order valence-corrected chi connectivity index (χ2v) is 9.44. The van der Waals surface area contributed by atoms with Gasteiger partial charge >= 0.3 is 12.1 Å². The van der Waals surface area contributed by atoms with Gasteiger partial charge in [-0.2, -0.15) is 13.2 Å². The maximum absolute atomic E-state index is 12.8. The maximum Gasteiger partial charge on any atom is 0.416 e. The van der Waals surface area contributed by atoms with Gasteiger partial charge in [0.1, 0.15) is 23.9 Å². The molecule has 0 heterocycles. The van der Waals surface area contributed by atoms with E-state index in [1.807, 2.05) is 6.92 Å². The Hall–Kier alpha value is -2.68. The highest BCUT2D eigenvalue weighted by Crippen LogP contribution is 2.39. The molecule has 2 rings (SSSR count). The van der Waals surface area contributed by atoms with E-state index in [1.165, 1.54) is 12.1 Å². The number of aliphatic hydroxyl groups excluding tert-OH is 3.